The van der Waals surface area contributed by atoms with Crippen LogP contribution in [0.3, 0.4) is 0 Å². The lowest BCUT2D eigenvalue weighted by atomic mass is 9.84. The first kappa shape index (κ1) is 15.5. The Bertz CT molecular complexity index is 540. The minimum Gasteiger partial charge on any atom is -0.295 e. The average molecular weight is 256 g/mol. The second-order valence-corrected chi connectivity index (χ2v) is 7.11. The first-order valence-electron chi connectivity index (χ1n) is 6.69. The molecule has 0 heterocycles. The molecule has 0 fully saturated rings. The number of Topliss-reactive ketones (excluding diaryl/α,β-unsaturated/α-hetero) is 1. The van der Waals surface area contributed by atoms with Crippen molar-refractivity contribution in [2.24, 2.45) is 5.41 Å². The highest BCUT2D eigenvalue weighted by Crippen LogP contribution is 2.25. The number of ketones is 1. The van der Waals surface area contributed by atoms with Gasteiger partial charge in [0, 0.05) is 16.5 Å². The molecule has 0 amide bonds. The Morgan fingerprint density at radius 1 is 1.00 bits per heavy atom. The molecule has 0 saturated heterocycles. The lowest BCUT2D eigenvalue weighted by molar-refractivity contribution is 0.101. The van der Waals surface area contributed by atoms with Crippen LogP contribution >= 0.6 is 0 Å². The largest absolute Gasteiger partial charge is 0.295 e. The van der Waals surface area contributed by atoms with Crippen LogP contribution in [-0.4, -0.2) is 5.78 Å². The van der Waals surface area contributed by atoms with Gasteiger partial charge in [-0.15, -0.1) is 0 Å². The summed E-state index contributed by atoms with van der Waals surface area (Å²) in [7, 11) is 0. The Morgan fingerprint density at radius 3 is 2.00 bits per heavy atom. The number of benzene rings is 1. The van der Waals surface area contributed by atoms with Gasteiger partial charge in [0.2, 0.25) is 0 Å². The zero-order valence-corrected chi connectivity index (χ0v) is 13.1. The molecule has 0 aliphatic heterocycles. The monoisotopic (exact) mass is 256 g/mol. The average Bonchev–Trinajstić information content (AvgIpc) is 2.23. The first-order valence-corrected chi connectivity index (χ1v) is 6.69. The number of rotatable bonds is 1. The minimum atomic E-state index is -0.0336. The van der Waals surface area contributed by atoms with Gasteiger partial charge in [-0.3, -0.25) is 4.79 Å². The van der Waals surface area contributed by atoms with Crippen molar-refractivity contribution >= 4 is 5.78 Å². The molecule has 0 aromatic heterocycles. The zero-order chi connectivity index (χ0) is 14.8. The second kappa shape index (κ2) is 5.21. The maximum Gasteiger partial charge on any atom is 0.159 e. The van der Waals surface area contributed by atoms with Crippen LogP contribution in [0.5, 0.6) is 0 Å². The third-order valence-corrected chi connectivity index (χ3v) is 2.79. The van der Waals surface area contributed by atoms with Gasteiger partial charge in [-0.1, -0.05) is 32.6 Å². The van der Waals surface area contributed by atoms with Crippen LogP contribution in [0.4, 0.5) is 0 Å². The summed E-state index contributed by atoms with van der Waals surface area (Å²) in [5.74, 6) is 6.50. The van der Waals surface area contributed by atoms with E-state index in [1.54, 1.807) is 6.92 Å². The van der Waals surface area contributed by atoms with Gasteiger partial charge in [0.15, 0.2) is 5.78 Å². The Morgan fingerprint density at radius 2 is 1.58 bits per heavy atom. The molecule has 0 aliphatic carbocycles. The summed E-state index contributed by atoms with van der Waals surface area (Å²) in [4.78, 5) is 11.6. The molecule has 0 unspecified atom stereocenters. The molecule has 0 saturated carbocycles. The highest BCUT2D eigenvalue weighted by atomic mass is 16.1. The van der Waals surface area contributed by atoms with Crippen molar-refractivity contribution in [3.05, 3.63) is 34.9 Å². The third kappa shape index (κ3) is 4.91. The molecule has 1 aromatic carbocycles. The molecule has 1 rings (SSSR count). The highest BCUT2D eigenvalue weighted by molar-refractivity contribution is 5.94. The van der Waals surface area contributed by atoms with Crippen molar-refractivity contribution in [2.75, 3.05) is 0 Å². The molecule has 0 aliphatic rings. The van der Waals surface area contributed by atoms with E-state index in [4.69, 9.17) is 0 Å². The summed E-state index contributed by atoms with van der Waals surface area (Å²) in [6, 6.07) is 5.95. The maximum atomic E-state index is 11.6. The van der Waals surface area contributed by atoms with Gasteiger partial charge in [0.25, 0.3) is 0 Å². The van der Waals surface area contributed by atoms with Gasteiger partial charge in [0.05, 0.1) is 0 Å². The fraction of sp³-hybridized carbons (Fsp3) is 0.500. The molecule has 1 nitrogen and oxygen atoms in total. The lowest BCUT2D eigenvalue weighted by Crippen LogP contribution is -2.12. The summed E-state index contributed by atoms with van der Waals surface area (Å²) in [5, 5.41) is 0. The van der Waals surface area contributed by atoms with Gasteiger partial charge in [0.1, 0.15) is 0 Å². The minimum absolute atomic E-state index is 0.0175. The van der Waals surface area contributed by atoms with E-state index >= 15 is 0 Å². The summed E-state index contributed by atoms with van der Waals surface area (Å²) in [6.45, 7) is 14.3. The van der Waals surface area contributed by atoms with E-state index in [0.29, 0.717) is 0 Å². The smallest absolute Gasteiger partial charge is 0.159 e. The van der Waals surface area contributed by atoms with E-state index in [1.807, 2.05) is 12.1 Å². The molecular formula is C18H24O. The van der Waals surface area contributed by atoms with Crippen molar-refractivity contribution in [1.29, 1.82) is 0 Å². The summed E-state index contributed by atoms with van der Waals surface area (Å²) in [6.07, 6.45) is 0. The van der Waals surface area contributed by atoms with Gasteiger partial charge in [-0.25, -0.2) is 0 Å². The SMILES string of the molecule is CC(=O)c1cc(C#CC(C)(C)C)cc(C(C)(C)C)c1. The molecule has 0 N–H and O–H groups in total. The standard InChI is InChI=1S/C18H24O/c1-13(19)15-10-14(8-9-17(2,3)4)11-16(12-15)18(5,6)7/h10-12H,1-7H3. The van der Waals surface area contributed by atoms with E-state index in [9.17, 15) is 4.79 Å². The summed E-state index contributed by atoms with van der Waals surface area (Å²) < 4.78 is 0. The summed E-state index contributed by atoms with van der Waals surface area (Å²) >= 11 is 0. The molecular weight excluding hydrogens is 232 g/mol. The zero-order valence-electron chi connectivity index (χ0n) is 13.1. The number of hydrogen-bond acceptors (Lipinski definition) is 1. The number of hydrogen-bond donors (Lipinski definition) is 0. The number of carbonyl (C=O) groups excluding carboxylic acids is 1. The van der Waals surface area contributed by atoms with Crippen LogP contribution in [0.15, 0.2) is 18.2 Å². The lowest BCUT2D eigenvalue weighted by Gasteiger charge is -2.20. The molecule has 19 heavy (non-hydrogen) atoms. The second-order valence-electron chi connectivity index (χ2n) is 7.11. The Hall–Kier alpha value is -1.55. The van der Waals surface area contributed by atoms with Crippen molar-refractivity contribution in [3.63, 3.8) is 0 Å². The number of carbonyl (C=O) groups is 1. The molecule has 1 heteroatoms. The maximum absolute atomic E-state index is 11.6. The predicted octanol–water partition coefficient (Wildman–Crippen LogP) is 4.58. The van der Waals surface area contributed by atoms with Crippen molar-refractivity contribution in [2.45, 2.75) is 53.9 Å². The van der Waals surface area contributed by atoms with Crippen LogP contribution in [-0.2, 0) is 5.41 Å². The Labute approximate surface area is 117 Å². The van der Waals surface area contributed by atoms with Gasteiger partial charge >= 0.3 is 0 Å². The van der Waals surface area contributed by atoms with Crippen molar-refractivity contribution < 1.29 is 4.79 Å². The Kier molecular flexibility index (Phi) is 4.25. The fourth-order valence-corrected chi connectivity index (χ4v) is 1.60. The normalized spacial score (nSPS) is 11.7. The van der Waals surface area contributed by atoms with Crippen LogP contribution in [0.25, 0.3) is 0 Å². The quantitative estimate of drug-likeness (QED) is 0.531. The van der Waals surface area contributed by atoms with Gasteiger partial charge in [-0.05, 0) is 56.9 Å². The van der Waals surface area contributed by atoms with E-state index < -0.39 is 0 Å². The summed E-state index contributed by atoms with van der Waals surface area (Å²) in [5.41, 5.74) is 2.80. The van der Waals surface area contributed by atoms with Crippen LogP contribution in [0.1, 0.15) is 70.0 Å². The van der Waals surface area contributed by atoms with Crippen molar-refractivity contribution in [3.8, 4) is 11.8 Å². The van der Waals surface area contributed by atoms with Crippen molar-refractivity contribution in [1.82, 2.24) is 0 Å². The van der Waals surface area contributed by atoms with E-state index in [-0.39, 0.29) is 16.6 Å². The fourth-order valence-electron chi connectivity index (χ4n) is 1.60. The molecule has 0 bridgehead atoms. The third-order valence-electron chi connectivity index (χ3n) is 2.79. The van der Waals surface area contributed by atoms with E-state index in [2.05, 4.69) is 59.4 Å². The van der Waals surface area contributed by atoms with Crippen LogP contribution in [0, 0.1) is 17.3 Å². The Balaban J connectivity index is 3.36. The molecule has 102 valence electrons. The van der Waals surface area contributed by atoms with Gasteiger partial charge < -0.3 is 0 Å². The van der Waals surface area contributed by atoms with E-state index in [1.165, 1.54) is 0 Å². The first-order chi connectivity index (χ1) is 8.49. The van der Waals surface area contributed by atoms with Crippen LogP contribution in [0.2, 0.25) is 0 Å². The topological polar surface area (TPSA) is 17.1 Å². The predicted molar refractivity (Wildman–Crippen MR) is 81.5 cm³/mol. The molecule has 1 aromatic rings. The molecule has 0 radical (unpaired) electrons. The molecule has 0 spiro atoms. The molecule has 0 atom stereocenters. The van der Waals surface area contributed by atoms with Gasteiger partial charge in [-0.2, -0.15) is 0 Å². The van der Waals surface area contributed by atoms with E-state index in [0.717, 1.165) is 16.7 Å². The highest BCUT2D eigenvalue weighted by Gasteiger charge is 2.16. The van der Waals surface area contributed by atoms with Crippen LogP contribution < -0.4 is 0 Å².